The quantitative estimate of drug-likeness (QED) is 0.378. The lowest BCUT2D eigenvalue weighted by molar-refractivity contribution is -0.149. The van der Waals surface area contributed by atoms with Crippen molar-refractivity contribution in [2.45, 2.75) is 27.2 Å². The van der Waals surface area contributed by atoms with Crippen LogP contribution in [0, 0.1) is 13.8 Å². The number of rotatable bonds is 6. The molecule has 0 radical (unpaired) electrons. The number of aliphatic hydroxyl groups is 1. The summed E-state index contributed by atoms with van der Waals surface area (Å²) in [6.07, 6.45) is 1.76. The number of benzene rings is 1. The summed E-state index contributed by atoms with van der Waals surface area (Å²) in [5.41, 5.74) is 2.15. The standard InChI is InChI=1S/C16H20O5/c1-5-6-21-15-10(2)7-12(8-11(15)3)13(17)9-14(18)16(19)20-4/h7-9,17H,5-6H2,1-4H3. The van der Waals surface area contributed by atoms with Crippen molar-refractivity contribution in [1.82, 2.24) is 0 Å². The van der Waals surface area contributed by atoms with Gasteiger partial charge in [0.1, 0.15) is 11.5 Å². The van der Waals surface area contributed by atoms with E-state index in [9.17, 15) is 14.7 Å². The molecule has 0 saturated carbocycles. The fraction of sp³-hybridized carbons (Fsp3) is 0.375. The Balaban J connectivity index is 3.07. The number of carbonyl (C=O) groups excluding carboxylic acids is 2. The van der Waals surface area contributed by atoms with Crippen LogP contribution < -0.4 is 4.74 Å². The van der Waals surface area contributed by atoms with Crippen LogP contribution in [0.15, 0.2) is 18.2 Å². The van der Waals surface area contributed by atoms with Crippen molar-refractivity contribution < 1.29 is 24.2 Å². The zero-order chi connectivity index (χ0) is 16.0. The molecule has 0 aliphatic heterocycles. The Labute approximate surface area is 124 Å². The first kappa shape index (κ1) is 16.8. The summed E-state index contributed by atoms with van der Waals surface area (Å²) in [5, 5.41) is 9.94. The van der Waals surface area contributed by atoms with Gasteiger partial charge in [0.15, 0.2) is 0 Å². The van der Waals surface area contributed by atoms with Gasteiger partial charge in [0.2, 0.25) is 0 Å². The maximum absolute atomic E-state index is 11.4. The van der Waals surface area contributed by atoms with Gasteiger partial charge in [-0.25, -0.2) is 4.79 Å². The summed E-state index contributed by atoms with van der Waals surface area (Å²) < 4.78 is 9.94. The molecule has 1 N–H and O–H groups in total. The largest absolute Gasteiger partial charge is 0.507 e. The summed E-state index contributed by atoms with van der Waals surface area (Å²) in [6.45, 7) is 6.35. The highest BCUT2D eigenvalue weighted by atomic mass is 16.5. The highest BCUT2D eigenvalue weighted by Crippen LogP contribution is 2.27. The van der Waals surface area contributed by atoms with E-state index in [1.807, 2.05) is 20.8 Å². The molecule has 0 spiro atoms. The lowest BCUT2D eigenvalue weighted by atomic mass is 10.0. The van der Waals surface area contributed by atoms with E-state index < -0.39 is 11.8 Å². The van der Waals surface area contributed by atoms with E-state index in [-0.39, 0.29) is 5.76 Å². The Kier molecular flexibility index (Phi) is 5.96. The van der Waals surface area contributed by atoms with Crippen LogP contribution in [0.5, 0.6) is 5.75 Å². The van der Waals surface area contributed by atoms with E-state index in [0.29, 0.717) is 12.2 Å². The van der Waals surface area contributed by atoms with Crippen LogP contribution in [-0.4, -0.2) is 30.6 Å². The molecule has 0 saturated heterocycles. The zero-order valence-corrected chi connectivity index (χ0v) is 12.7. The molecule has 5 heteroatoms. The molecule has 1 aromatic rings. The molecule has 0 aliphatic carbocycles. The molecular weight excluding hydrogens is 272 g/mol. The molecule has 0 heterocycles. The van der Waals surface area contributed by atoms with Crippen LogP contribution in [0.2, 0.25) is 0 Å². The normalized spacial score (nSPS) is 11.1. The fourth-order valence-corrected chi connectivity index (χ4v) is 1.90. The van der Waals surface area contributed by atoms with Crippen LogP contribution in [0.4, 0.5) is 0 Å². The summed E-state index contributed by atoms with van der Waals surface area (Å²) in [6, 6.07) is 3.41. The van der Waals surface area contributed by atoms with Gasteiger partial charge in [0, 0.05) is 11.6 Å². The summed E-state index contributed by atoms with van der Waals surface area (Å²) in [7, 11) is 1.11. The molecule has 0 bridgehead atoms. The van der Waals surface area contributed by atoms with E-state index in [0.717, 1.165) is 36.5 Å². The molecule has 1 aromatic carbocycles. The Morgan fingerprint density at radius 1 is 1.24 bits per heavy atom. The van der Waals surface area contributed by atoms with Gasteiger partial charge in [0.05, 0.1) is 13.7 Å². The third kappa shape index (κ3) is 4.34. The Hall–Kier alpha value is -2.30. The highest BCUT2D eigenvalue weighted by Gasteiger charge is 2.14. The SMILES string of the molecule is CCCOc1c(C)cc(C(O)=CC(=O)C(=O)OC)cc1C. The fourth-order valence-electron chi connectivity index (χ4n) is 1.90. The van der Waals surface area contributed by atoms with Gasteiger partial charge in [0.25, 0.3) is 5.78 Å². The van der Waals surface area contributed by atoms with Crippen molar-refractivity contribution >= 4 is 17.5 Å². The number of hydrogen-bond acceptors (Lipinski definition) is 5. The maximum atomic E-state index is 11.4. The molecule has 1 rings (SSSR count). The van der Waals surface area contributed by atoms with Gasteiger partial charge in [-0.15, -0.1) is 0 Å². The number of ketones is 1. The van der Waals surface area contributed by atoms with Crippen LogP contribution in [0.1, 0.15) is 30.0 Å². The smallest absolute Gasteiger partial charge is 0.378 e. The maximum Gasteiger partial charge on any atom is 0.378 e. The van der Waals surface area contributed by atoms with Gasteiger partial charge in [-0.1, -0.05) is 6.92 Å². The van der Waals surface area contributed by atoms with Gasteiger partial charge >= 0.3 is 5.97 Å². The minimum Gasteiger partial charge on any atom is -0.507 e. The first-order chi connectivity index (χ1) is 9.90. The van der Waals surface area contributed by atoms with E-state index in [1.165, 1.54) is 0 Å². The minimum absolute atomic E-state index is 0.279. The predicted octanol–water partition coefficient (Wildman–Crippen LogP) is 2.73. The summed E-state index contributed by atoms with van der Waals surface area (Å²) in [4.78, 5) is 22.4. The van der Waals surface area contributed by atoms with E-state index >= 15 is 0 Å². The highest BCUT2D eigenvalue weighted by molar-refractivity contribution is 6.39. The Bertz CT molecular complexity index is 549. The number of aliphatic hydroxyl groups excluding tert-OH is 1. The molecule has 0 aliphatic rings. The van der Waals surface area contributed by atoms with Gasteiger partial charge in [-0.05, 0) is 43.5 Å². The number of hydrogen-bond donors (Lipinski definition) is 1. The zero-order valence-electron chi connectivity index (χ0n) is 12.7. The average molecular weight is 292 g/mol. The molecule has 0 unspecified atom stereocenters. The van der Waals surface area contributed by atoms with Crippen molar-refractivity contribution in [3.05, 3.63) is 34.9 Å². The van der Waals surface area contributed by atoms with Gasteiger partial charge in [-0.3, -0.25) is 4.79 Å². The number of aryl methyl sites for hydroxylation is 2. The van der Waals surface area contributed by atoms with E-state index in [1.54, 1.807) is 12.1 Å². The first-order valence-electron chi connectivity index (χ1n) is 6.68. The lowest BCUT2D eigenvalue weighted by Gasteiger charge is -2.13. The second kappa shape index (κ2) is 7.47. The molecule has 0 fully saturated rings. The average Bonchev–Trinajstić information content (AvgIpc) is 2.45. The minimum atomic E-state index is -1.02. The number of ether oxygens (including phenoxy) is 2. The number of methoxy groups -OCH3 is 1. The molecule has 0 amide bonds. The van der Waals surface area contributed by atoms with Crippen molar-refractivity contribution in [1.29, 1.82) is 0 Å². The molecule has 21 heavy (non-hydrogen) atoms. The van der Waals surface area contributed by atoms with Gasteiger partial charge < -0.3 is 14.6 Å². The van der Waals surface area contributed by atoms with Crippen LogP contribution >= 0.6 is 0 Å². The molecule has 0 atom stereocenters. The van der Waals surface area contributed by atoms with Crippen molar-refractivity contribution in [2.75, 3.05) is 13.7 Å². The van der Waals surface area contributed by atoms with Crippen molar-refractivity contribution in [3.8, 4) is 5.75 Å². The van der Waals surface area contributed by atoms with Crippen molar-refractivity contribution in [2.24, 2.45) is 0 Å². The topological polar surface area (TPSA) is 72.8 Å². The van der Waals surface area contributed by atoms with Crippen molar-refractivity contribution in [3.63, 3.8) is 0 Å². The van der Waals surface area contributed by atoms with Crippen LogP contribution in [0.3, 0.4) is 0 Å². The number of carbonyl (C=O) groups is 2. The lowest BCUT2D eigenvalue weighted by Crippen LogP contribution is -2.13. The monoisotopic (exact) mass is 292 g/mol. The third-order valence-corrected chi connectivity index (χ3v) is 2.86. The summed E-state index contributed by atoms with van der Waals surface area (Å²) in [5.74, 6) is -1.43. The first-order valence-corrected chi connectivity index (χ1v) is 6.68. The van der Waals surface area contributed by atoms with Gasteiger partial charge in [-0.2, -0.15) is 0 Å². The van der Waals surface area contributed by atoms with E-state index in [2.05, 4.69) is 4.74 Å². The Morgan fingerprint density at radius 2 is 1.81 bits per heavy atom. The molecular formula is C16H20O5. The predicted molar refractivity (Wildman–Crippen MR) is 79.3 cm³/mol. The molecule has 114 valence electrons. The second-order valence-corrected chi connectivity index (χ2v) is 4.67. The van der Waals surface area contributed by atoms with Crippen LogP contribution in [-0.2, 0) is 14.3 Å². The third-order valence-electron chi connectivity index (χ3n) is 2.86. The number of esters is 1. The molecule has 5 nitrogen and oxygen atoms in total. The van der Waals surface area contributed by atoms with Crippen LogP contribution in [0.25, 0.3) is 5.76 Å². The van der Waals surface area contributed by atoms with E-state index in [4.69, 9.17) is 4.74 Å². The summed E-state index contributed by atoms with van der Waals surface area (Å²) >= 11 is 0. The Morgan fingerprint density at radius 3 is 2.29 bits per heavy atom. The molecule has 0 aromatic heterocycles. The second-order valence-electron chi connectivity index (χ2n) is 4.67.